The molecule has 0 spiro atoms. The molecule has 1 aliphatic rings. The Labute approximate surface area is 178 Å². The summed E-state index contributed by atoms with van der Waals surface area (Å²) in [4.78, 5) is 31.3. The first-order valence-corrected chi connectivity index (χ1v) is 9.88. The van der Waals surface area contributed by atoms with Crippen LogP contribution in [0, 0.1) is 18.7 Å². The summed E-state index contributed by atoms with van der Waals surface area (Å²) < 4.78 is 21.9. The first-order chi connectivity index (χ1) is 14.8. The van der Waals surface area contributed by atoms with Crippen molar-refractivity contribution in [2.45, 2.75) is 26.9 Å². The van der Waals surface area contributed by atoms with Gasteiger partial charge in [-0.1, -0.05) is 13.8 Å². The maximum Gasteiger partial charge on any atom is 0.270 e. The maximum atomic E-state index is 14.6. The number of fused-ring (bicyclic) bond motifs is 1. The normalized spacial score (nSPS) is 14.2. The van der Waals surface area contributed by atoms with Gasteiger partial charge in [0.2, 0.25) is 5.91 Å². The molecule has 0 radical (unpaired) electrons. The first kappa shape index (κ1) is 20.5. The number of nitrogens with zero attached hydrogens (tertiary/aromatic N) is 4. The van der Waals surface area contributed by atoms with E-state index in [1.807, 2.05) is 13.8 Å². The average molecular weight is 423 g/mol. The number of amides is 2. The molecule has 3 aromatic rings. The largest absolute Gasteiger partial charge is 0.480 e. The molecule has 1 unspecified atom stereocenters. The van der Waals surface area contributed by atoms with E-state index in [2.05, 4.69) is 15.4 Å². The highest BCUT2D eigenvalue weighted by atomic mass is 19.1. The van der Waals surface area contributed by atoms with E-state index >= 15 is 0 Å². The highest BCUT2D eigenvalue weighted by Crippen LogP contribution is 2.30. The lowest BCUT2D eigenvalue weighted by Gasteiger charge is -2.32. The minimum atomic E-state index is -0.934. The Hall–Kier alpha value is -3.75. The predicted molar refractivity (Wildman–Crippen MR) is 113 cm³/mol. The highest BCUT2D eigenvalue weighted by Gasteiger charge is 2.35. The number of aryl methyl sites for hydroxylation is 1. The number of aromatic nitrogens is 3. The van der Waals surface area contributed by atoms with Crippen LogP contribution < -0.4 is 15.0 Å². The molecule has 31 heavy (non-hydrogen) atoms. The zero-order valence-corrected chi connectivity index (χ0v) is 17.4. The van der Waals surface area contributed by atoms with Crippen molar-refractivity contribution in [3.05, 3.63) is 60.3 Å². The van der Waals surface area contributed by atoms with Crippen LogP contribution in [0.15, 0.2) is 48.8 Å². The van der Waals surface area contributed by atoms with Gasteiger partial charge in [0, 0.05) is 24.2 Å². The summed E-state index contributed by atoms with van der Waals surface area (Å²) in [6.45, 7) is 5.29. The van der Waals surface area contributed by atoms with Gasteiger partial charge in [-0.15, -0.1) is 0 Å². The van der Waals surface area contributed by atoms with Crippen molar-refractivity contribution >= 4 is 23.3 Å². The molecule has 1 aromatic carbocycles. The number of rotatable bonds is 5. The lowest BCUT2D eigenvalue weighted by Crippen LogP contribution is -2.50. The van der Waals surface area contributed by atoms with Crippen LogP contribution in [0.5, 0.6) is 5.75 Å². The van der Waals surface area contributed by atoms with Crippen LogP contribution in [0.3, 0.4) is 0 Å². The van der Waals surface area contributed by atoms with Crippen LogP contribution in [0.1, 0.15) is 19.5 Å². The summed E-state index contributed by atoms with van der Waals surface area (Å²) in [5.41, 5.74) is 1.45. The van der Waals surface area contributed by atoms with E-state index in [9.17, 15) is 14.0 Å². The Balaban J connectivity index is 1.61. The van der Waals surface area contributed by atoms with Gasteiger partial charge in [-0.05, 0) is 43.2 Å². The van der Waals surface area contributed by atoms with E-state index < -0.39 is 17.8 Å². The Kier molecular flexibility index (Phi) is 5.41. The summed E-state index contributed by atoms with van der Waals surface area (Å²) in [7, 11) is 0. The van der Waals surface area contributed by atoms with Gasteiger partial charge in [0.25, 0.3) is 5.91 Å². The maximum absolute atomic E-state index is 14.6. The molecular formula is C22H22FN5O3. The second-order valence-corrected chi connectivity index (χ2v) is 7.64. The quantitative estimate of drug-likeness (QED) is 0.681. The van der Waals surface area contributed by atoms with Gasteiger partial charge >= 0.3 is 0 Å². The van der Waals surface area contributed by atoms with Gasteiger partial charge in [-0.3, -0.25) is 14.5 Å². The van der Waals surface area contributed by atoms with Gasteiger partial charge in [-0.25, -0.2) is 14.1 Å². The molecule has 8 nitrogen and oxygen atoms in total. The number of carbonyl (C=O) groups is 2. The smallest absolute Gasteiger partial charge is 0.270 e. The van der Waals surface area contributed by atoms with E-state index in [4.69, 9.17) is 4.74 Å². The zero-order valence-electron chi connectivity index (χ0n) is 17.4. The van der Waals surface area contributed by atoms with E-state index in [0.717, 1.165) is 0 Å². The van der Waals surface area contributed by atoms with Crippen LogP contribution in [0.2, 0.25) is 0 Å². The second kappa shape index (κ2) is 8.17. The van der Waals surface area contributed by atoms with Gasteiger partial charge < -0.3 is 10.1 Å². The Morgan fingerprint density at radius 1 is 1.26 bits per heavy atom. The molecule has 0 bridgehead atoms. The predicted octanol–water partition coefficient (Wildman–Crippen LogP) is 3.10. The van der Waals surface area contributed by atoms with Crippen molar-refractivity contribution < 1.29 is 18.7 Å². The van der Waals surface area contributed by atoms with Gasteiger partial charge in [-0.2, -0.15) is 5.10 Å². The zero-order chi connectivity index (χ0) is 22.1. The third-order valence-corrected chi connectivity index (χ3v) is 4.89. The number of pyridine rings is 1. The summed E-state index contributed by atoms with van der Waals surface area (Å²) in [5.74, 6) is -0.918. The molecule has 0 fully saturated rings. The Morgan fingerprint density at radius 3 is 2.74 bits per heavy atom. The molecule has 0 aliphatic carbocycles. The van der Waals surface area contributed by atoms with E-state index in [1.54, 1.807) is 43.6 Å². The Morgan fingerprint density at radius 2 is 2.06 bits per heavy atom. The third kappa shape index (κ3) is 4.11. The molecule has 2 aromatic heterocycles. The molecule has 0 saturated heterocycles. The monoisotopic (exact) mass is 423 g/mol. The van der Waals surface area contributed by atoms with Crippen LogP contribution in [0.4, 0.5) is 15.9 Å². The number of benzene rings is 1. The van der Waals surface area contributed by atoms with Gasteiger partial charge in [0.15, 0.2) is 17.7 Å². The van der Waals surface area contributed by atoms with Crippen molar-refractivity contribution in [1.29, 1.82) is 0 Å². The third-order valence-electron chi connectivity index (χ3n) is 4.89. The molecule has 1 aliphatic heterocycles. The van der Waals surface area contributed by atoms with Crippen molar-refractivity contribution in [3.8, 4) is 11.4 Å². The van der Waals surface area contributed by atoms with E-state index in [0.29, 0.717) is 17.2 Å². The highest BCUT2D eigenvalue weighted by molar-refractivity contribution is 6.10. The fourth-order valence-electron chi connectivity index (χ4n) is 3.37. The van der Waals surface area contributed by atoms with Crippen LogP contribution in [-0.4, -0.2) is 39.2 Å². The number of ether oxygens (including phenoxy) is 1. The first-order valence-electron chi connectivity index (χ1n) is 9.88. The van der Waals surface area contributed by atoms with Gasteiger partial charge in [0.05, 0.1) is 5.69 Å². The molecule has 0 saturated carbocycles. The minimum absolute atomic E-state index is 0.165. The summed E-state index contributed by atoms with van der Waals surface area (Å²) in [5, 5.41) is 6.74. The van der Waals surface area contributed by atoms with Crippen LogP contribution >= 0.6 is 0 Å². The molecule has 2 amide bonds. The second-order valence-electron chi connectivity index (χ2n) is 7.64. The number of halogens is 1. The lowest BCUT2D eigenvalue weighted by atomic mass is 10.0. The lowest BCUT2D eigenvalue weighted by molar-refractivity contribution is -0.128. The number of hydrogen-bond acceptors (Lipinski definition) is 5. The topological polar surface area (TPSA) is 89.4 Å². The molecule has 160 valence electrons. The van der Waals surface area contributed by atoms with Crippen molar-refractivity contribution in [2.75, 3.05) is 16.8 Å². The van der Waals surface area contributed by atoms with E-state index in [-0.39, 0.29) is 29.8 Å². The number of hydrogen-bond donors (Lipinski definition) is 1. The fraction of sp³-hybridized carbons (Fsp3) is 0.273. The molecule has 4 rings (SSSR count). The fourth-order valence-corrected chi connectivity index (χ4v) is 3.37. The average Bonchev–Trinajstić information content (AvgIpc) is 3.25. The van der Waals surface area contributed by atoms with Gasteiger partial charge in [0.1, 0.15) is 18.0 Å². The molecule has 1 atom stereocenters. The van der Waals surface area contributed by atoms with Crippen molar-refractivity contribution in [1.82, 2.24) is 14.8 Å². The summed E-state index contributed by atoms with van der Waals surface area (Å²) in [6.07, 6.45) is 2.25. The van der Waals surface area contributed by atoms with Crippen molar-refractivity contribution in [3.63, 3.8) is 0 Å². The molecule has 3 heterocycles. The van der Waals surface area contributed by atoms with Crippen LogP contribution in [0.25, 0.3) is 5.69 Å². The van der Waals surface area contributed by atoms with E-state index in [1.165, 1.54) is 21.7 Å². The van der Waals surface area contributed by atoms with Crippen molar-refractivity contribution in [2.24, 2.45) is 5.92 Å². The summed E-state index contributed by atoms with van der Waals surface area (Å²) in [6, 6.07) is 9.51. The number of carbonyl (C=O) groups excluding carboxylic acids is 2. The molecule has 1 N–H and O–H groups in total. The number of nitrogens with one attached hydrogen (secondary N) is 1. The Bertz CT molecular complexity index is 1130. The SMILES string of the molecule is Cc1ccc2c(n1)N(C(=O)C(Oc1ccc(-n3cccn3)c(F)c1)C(C)C)CC(=O)N2. The van der Waals surface area contributed by atoms with Crippen LogP contribution in [-0.2, 0) is 9.59 Å². The molecule has 9 heteroatoms. The summed E-state index contributed by atoms with van der Waals surface area (Å²) >= 11 is 0. The number of anilines is 2. The standard InChI is InChI=1S/C22H22FN5O3/c1-13(2)20(31-15-6-8-18(16(23)11-15)28-10-4-9-24-28)22(30)27-12-19(29)26-17-7-5-14(3)25-21(17)27/h4-11,13,20H,12H2,1-3H3,(H,26,29). The molecular weight excluding hydrogens is 401 g/mol. The minimum Gasteiger partial charge on any atom is -0.480 e.